The van der Waals surface area contributed by atoms with E-state index in [-0.39, 0.29) is 17.8 Å². The predicted molar refractivity (Wildman–Crippen MR) is 174 cm³/mol. The van der Waals surface area contributed by atoms with E-state index in [9.17, 15) is 15.0 Å². The van der Waals surface area contributed by atoms with Gasteiger partial charge in [-0.3, -0.25) is 4.79 Å². The molecule has 1 aliphatic rings. The second-order valence-corrected chi connectivity index (χ2v) is 14.5. The molecule has 1 saturated carbocycles. The lowest BCUT2D eigenvalue weighted by atomic mass is 9.81. The van der Waals surface area contributed by atoms with Crippen LogP contribution in [0, 0.1) is 5.41 Å². The maximum atomic E-state index is 11.3. The summed E-state index contributed by atoms with van der Waals surface area (Å²) in [7, 11) is 0. The minimum absolute atomic E-state index is 0.0304. The number of aliphatic carboxylic acids is 1. The summed E-state index contributed by atoms with van der Waals surface area (Å²) in [6, 6.07) is 20.6. The van der Waals surface area contributed by atoms with Gasteiger partial charge in [-0.15, -0.1) is 11.3 Å². The first-order valence-electron chi connectivity index (χ1n) is 13.7. The number of aliphatic hydroxyl groups is 1. The number of carboxylic acids is 1. The van der Waals surface area contributed by atoms with Crippen LogP contribution < -0.4 is 0 Å². The molecular formula is C33H33Cl2NO3S2. The van der Waals surface area contributed by atoms with Crippen molar-refractivity contribution in [2.45, 2.75) is 51.0 Å². The van der Waals surface area contributed by atoms with Gasteiger partial charge in [0.05, 0.1) is 27.4 Å². The lowest BCUT2D eigenvalue weighted by molar-refractivity contribution is -0.138. The Bertz CT molecular complexity index is 1590. The number of nitrogens with zero attached hydrogens (tertiary/aromatic N) is 1. The minimum atomic E-state index is -0.977. The molecule has 4 nitrogen and oxygen atoms in total. The van der Waals surface area contributed by atoms with Gasteiger partial charge in [-0.2, -0.15) is 11.8 Å². The van der Waals surface area contributed by atoms with Crippen molar-refractivity contribution in [3.05, 3.63) is 98.0 Å². The normalized spacial score (nSPS) is 15.4. The van der Waals surface area contributed by atoms with E-state index in [2.05, 4.69) is 41.4 Å². The lowest BCUT2D eigenvalue weighted by Crippen LogP contribution is -2.20. The predicted octanol–water partition coefficient (Wildman–Crippen LogP) is 9.51. The molecule has 0 spiro atoms. The number of benzene rings is 2. The smallest absolute Gasteiger partial charge is 0.303 e. The number of fused-ring (bicyclic) bond motifs is 1. The number of thiophene rings is 1. The van der Waals surface area contributed by atoms with Crippen molar-refractivity contribution >= 4 is 74.6 Å². The Morgan fingerprint density at radius 1 is 1.12 bits per heavy atom. The number of hydrogen-bond acceptors (Lipinski definition) is 5. The van der Waals surface area contributed by atoms with Gasteiger partial charge in [-0.1, -0.05) is 77.8 Å². The zero-order valence-corrected chi connectivity index (χ0v) is 26.2. The highest BCUT2D eigenvalue weighted by atomic mass is 35.5. The van der Waals surface area contributed by atoms with E-state index in [1.807, 2.05) is 62.0 Å². The van der Waals surface area contributed by atoms with Crippen molar-refractivity contribution in [1.82, 2.24) is 4.98 Å². The minimum Gasteiger partial charge on any atom is -0.481 e. The Hall–Kier alpha value is -2.35. The van der Waals surface area contributed by atoms with E-state index < -0.39 is 11.6 Å². The quantitative estimate of drug-likeness (QED) is 0.153. The summed E-state index contributed by atoms with van der Waals surface area (Å²) in [6.07, 6.45) is 7.16. The summed E-state index contributed by atoms with van der Waals surface area (Å²) in [5, 5.41) is 20.8. The van der Waals surface area contributed by atoms with Gasteiger partial charge in [0, 0.05) is 5.92 Å². The van der Waals surface area contributed by atoms with Crippen LogP contribution in [-0.4, -0.2) is 32.7 Å². The van der Waals surface area contributed by atoms with E-state index in [1.54, 1.807) is 0 Å². The zero-order chi connectivity index (χ0) is 29.2. The van der Waals surface area contributed by atoms with Crippen LogP contribution in [0.15, 0.2) is 60.7 Å². The Morgan fingerprint density at radius 2 is 1.90 bits per heavy atom. The van der Waals surface area contributed by atoms with Crippen LogP contribution in [0.25, 0.3) is 22.4 Å². The molecule has 0 aliphatic heterocycles. The Kier molecular flexibility index (Phi) is 9.17. The highest BCUT2D eigenvalue weighted by Crippen LogP contribution is 2.51. The van der Waals surface area contributed by atoms with E-state index in [4.69, 9.17) is 23.2 Å². The van der Waals surface area contributed by atoms with Crippen molar-refractivity contribution < 1.29 is 15.0 Å². The Balaban J connectivity index is 1.40. The van der Waals surface area contributed by atoms with Crippen LogP contribution in [0.2, 0.25) is 9.36 Å². The molecule has 4 aromatic rings. The first-order valence-corrected chi connectivity index (χ1v) is 16.4. The van der Waals surface area contributed by atoms with Gasteiger partial charge in [0.2, 0.25) is 0 Å². The van der Waals surface area contributed by atoms with E-state index >= 15 is 0 Å². The lowest BCUT2D eigenvalue weighted by Gasteiger charge is -2.27. The Morgan fingerprint density at radius 3 is 2.63 bits per heavy atom. The molecule has 41 heavy (non-hydrogen) atoms. The fraction of sp³-hybridized carbons (Fsp3) is 0.333. The first kappa shape index (κ1) is 30.1. The number of pyridine rings is 1. The number of rotatable bonds is 12. The van der Waals surface area contributed by atoms with Crippen molar-refractivity contribution in [3.8, 4) is 0 Å². The summed E-state index contributed by atoms with van der Waals surface area (Å²) < 4.78 is 1.51. The summed E-state index contributed by atoms with van der Waals surface area (Å²) in [5.41, 5.74) is 4.77. The monoisotopic (exact) mass is 625 g/mol. The molecule has 1 atom stereocenters. The van der Waals surface area contributed by atoms with Crippen molar-refractivity contribution in [1.29, 1.82) is 0 Å². The molecule has 1 aliphatic carbocycles. The van der Waals surface area contributed by atoms with Gasteiger partial charge >= 0.3 is 5.97 Å². The molecule has 0 amide bonds. The van der Waals surface area contributed by atoms with Crippen LogP contribution >= 0.6 is 46.3 Å². The van der Waals surface area contributed by atoms with Crippen LogP contribution in [0.3, 0.4) is 0 Å². The van der Waals surface area contributed by atoms with Crippen molar-refractivity contribution in [2.24, 2.45) is 5.41 Å². The van der Waals surface area contributed by atoms with Crippen LogP contribution in [-0.2, 0) is 10.4 Å². The molecular weight excluding hydrogens is 593 g/mol. The van der Waals surface area contributed by atoms with Crippen molar-refractivity contribution in [3.63, 3.8) is 0 Å². The summed E-state index contributed by atoms with van der Waals surface area (Å²) in [5.74, 6) is 1.15. The molecule has 8 heteroatoms. The third kappa shape index (κ3) is 7.36. The first-order chi connectivity index (χ1) is 19.5. The molecule has 0 unspecified atom stereocenters. The summed E-state index contributed by atoms with van der Waals surface area (Å²) >= 11 is 15.8. The summed E-state index contributed by atoms with van der Waals surface area (Å²) in [4.78, 5) is 16.0. The molecule has 0 saturated heterocycles. The SMILES string of the molecule is CC(C)(O)c1ccccc1[C@H](CCSCC1(CC(=O)O)CC1)c1cccc(C=Cc2ccc3sc(Cl)c(Cl)c3n2)c1. The number of carboxylic acid groups (broad SMARTS) is 1. The molecule has 2 aromatic carbocycles. The number of hydrogen-bond donors (Lipinski definition) is 2. The van der Waals surface area contributed by atoms with E-state index in [0.717, 1.165) is 63.4 Å². The average Bonchev–Trinajstić information content (AvgIpc) is 3.63. The number of aromatic nitrogens is 1. The molecule has 0 radical (unpaired) electrons. The second kappa shape index (κ2) is 12.5. The molecule has 0 bridgehead atoms. The van der Waals surface area contributed by atoms with Gasteiger partial charge in [0.1, 0.15) is 9.85 Å². The van der Waals surface area contributed by atoms with Gasteiger partial charge in [0.25, 0.3) is 0 Å². The zero-order valence-electron chi connectivity index (χ0n) is 23.1. The number of carbonyl (C=O) groups is 1. The van der Waals surface area contributed by atoms with Crippen LogP contribution in [0.1, 0.15) is 73.4 Å². The highest BCUT2D eigenvalue weighted by molar-refractivity contribution is 7.99. The Labute approximate surface area is 259 Å². The van der Waals surface area contributed by atoms with Crippen LogP contribution in [0.4, 0.5) is 0 Å². The van der Waals surface area contributed by atoms with E-state index in [0.29, 0.717) is 9.36 Å². The van der Waals surface area contributed by atoms with Crippen LogP contribution in [0.5, 0.6) is 0 Å². The second-order valence-electron chi connectivity index (χ2n) is 11.4. The molecule has 214 valence electrons. The van der Waals surface area contributed by atoms with Gasteiger partial charge in [0.15, 0.2) is 0 Å². The maximum absolute atomic E-state index is 11.3. The summed E-state index contributed by atoms with van der Waals surface area (Å²) in [6.45, 7) is 3.66. The molecule has 5 rings (SSSR count). The standard InChI is InChI=1S/C33H33Cl2NO3S2/c1-32(2,39)26-9-4-3-8-25(26)24(14-17-40-20-33(15-16-33)19-28(37)38)22-7-5-6-21(18-22)10-11-23-12-13-27-30(36-23)29(34)31(35)41-27/h3-13,18,24,39H,14-17,19-20H2,1-2H3,(H,37,38)/t24-/m1/s1. The van der Waals surface area contributed by atoms with Gasteiger partial charge in [-0.25, -0.2) is 4.98 Å². The van der Waals surface area contributed by atoms with Gasteiger partial charge < -0.3 is 10.2 Å². The fourth-order valence-electron chi connectivity index (χ4n) is 5.31. The highest BCUT2D eigenvalue weighted by Gasteiger charge is 2.44. The average molecular weight is 627 g/mol. The molecule has 2 N–H and O–H groups in total. The third-order valence-corrected chi connectivity index (χ3v) is 10.9. The van der Waals surface area contributed by atoms with E-state index in [1.165, 1.54) is 16.9 Å². The molecule has 2 heterocycles. The topological polar surface area (TPSA) is 70.4 Å². The number of thioether (sulfide) groups is 1. The fourth-order valence-corrected chi connectivity index (χ4v) is 8.09. The van der Waals surface area contributed by atoms with Crippen molar-refractivity contribution in [2.75, 3.05) is 11.5 Å². The van der Waals surface area contributed by atoms with Gasteiger partial charge in [-0.05, 0) is 90.5 Å². The third-order valence-electron chi connectivity index (χ3n) is 7.66. The largest absolute Gasteiger partial charge is 0.481 e. The maximum Gasteiger partial charge on any atom is 0.303 e. The molecule has 1 fully saturated rings. The number of halogens is 2. The molecule has 2 aromatic heterocycles.